The first-order valence-electron chi connectivity index (χ1n) is 9.80. The second-order valence-corrected chi connectivity index (χ2v) is 8.08. The van der Waals surface area contributed by atoms with E-state index in [1.165, 1.54) is 41.6 Å². The van der Waals surface area contributed by atoms with E-state index in [4.69, 9.17) is 23.7 Å². The Hall–Kier alpha value is -2.84. The molecule has 31 heavy (non-hydrogen) atoms. The van der Waals surface area contributed by atoms with E-state index in [-0.39, 0.29) is 30.1 Å². The molecule has 0 spiro atoms. The minimum atomic E-state index is -1.52. The summed E-state index contributed by atoms with van der Waals surface area (Å²) in [5.74, 6) is 1.45. The van der Waals surface area contributed by atoms with Crippen LogP contribution in [-0.4, -0.2) is 62.1 Å². The molecule has 0 fully saturated rings. The number of methoxy groups -OCH3 is 5. The van der Waals surface area contributed by atoms with E-state index in [2.05, 4.69) is 0 Å². The summed E-state index contributed by atoms with van der Waals surface area (Å²) in [5, 5.41) is 33.0. The van der Waals surface area contributed by atoms with E-state index in [1.807, 2.05) is 0 Å². The van der Waals surface area contributed by atoms with E-state index < -0.39 is 11.2 Å². The van der Waals surface area contributed by atoms with Gasteiger partial charge in [-0.05, 0) is 37.1 Å². The largest absolute Gasteiger partial charge is 0.504 e. The van der Waals surface area contributed by atoms with Crippen LogP contribution in [0.25, 0.3) is 11.1 Å². The first-order valence-corrected chi connectivity index (χ1v) is 9.80. The summed E-state index contributed by atoms with van der Waals surface area (Å²) in [6.07, 6.45) is 0.137. The molecule has 2 aromatic rings. The Labute approximate surface area is 181 Å². The Morgan fingerprint density at radius 3 is 1.48 bits per heavy atom. The van der Waals surface area contributed by atoms with Crippen LogP contribution >= 0.6 is 0 Å². The van der Waals surface area contributed by atoms with Crippen molar-refractivity contribution in [2.45, 2.75) is 37.9 Å². The first-order chi connectivity index (χ1) is 14.6. The predicted molar refractivity (Wildman–Crippen MR) is 115 cm³/mol. The standard InChI is InChI=1S/C23H30O8/c1-22(25)10-12-8-14(24)18(28-4)20(30-6)16(12)17-13(11-23(22,2)26)9-15(27-3)19(29-5)21(17)31-7/h8-9,24-26H,10-11H2,1-7H3. The number of phenols is 1. The number of rotatable bonds is 5. The van der Waals surface area contributed by atoms with Gasteiger partial charge in [0.15, 0.2) is 23.0 Å². The van der Waals surface area contributed by atoms with E-state index in [0.29, 0.717) is 39.5 Å². The number of fused-ring (bicyclic) bond motifs is 3. The lowest BCUT2D eigenvalue weighted by atomic mass is 9.72. The lowest BCUT2D eigenvalue weighted by Gasteiger charge is -2.42. The lowest BCUT2D eigenvalue weighted by Crippen LogP contribution is -2.53. The molecular weight excluding hydrogens is 404 g/mol. The van der Waals surface area contributed by atoms with Crippen molar-refractivity contribution in [3.8, 4) is 45.6 Å². The van der Waals surface area contributed by atoms with Gasteiger partial charge in [-0.15, -0.1) is 0 Å². The van der Waals surface area contributed by atoms with Crippen LogP contribution in [-0.2, 0) is 12.8 Å². The molecule has 2 atom stereocenters. The topological polar surface area (TPSA) is 107 Å². The van der Waals surface area contributed by atoms with Gasteiger partial charge in [-0.2, -0.15) is 0 Å². The van der Waals surface area contributed by atoms with Crippen LogP contribution in [0.1, 0.15) is 25.0 Å². The highest BCUT2D eigenvalue weighted by atomic mass is 16.5. The van der Waals surface area contributed by atoms with Gasteiger partial charge in [0.05, 0.1) is 46.8 Å². The SMILES string of the molecule is COc1cc2c(c(OC)c1OC)-c1c(cc(O)c(OC)c1OC)CC(C)(O)C(C)(O)C2. The Morgan fingerprint density at radius 1 is 0.645 bits per heavy atom. The molecule has 0 heterocycles. The van der Waals surface area contributed by atoms with Gasteiger partial charge < -0.3 is 39.0 Å². The maximum atomic E-state index is 11.2. The molecule has 0 bridgehead atoms. The fourth-order valence-corrected chi connectivity index (χ4v) is 4.23. The van der Waals surface area contributed by atoms with Crippen molar-refractivity contribution in [1.82, 2.24) is 0 Å². The van der Waals surface area contributed by atoms with Gasteiger partial charge in [0.25, 0.3) is 0 Å². The number of aromatic hydroxyl groups is 1. The van der Waals surface area contributed by atoms with Crippen molar-refractivity contribution in [3.63, 3.8) is 0 Å². The van der Waals surface area contributed by atoms with Crippen LogP contribution in [0.4, 0.5) is 0 Å². The molecule has 3 N–H and O–H groups in total. The van der Waals surface area contributed by atoms with Crippen LogP contribution in [0.3, 0.4) is 0 Å². The molecule has 2 aromatic carbocycles. The number of aliphatic hydroxyl groups is 2. The maximum absolute atomic E-state index is 11.2. The van der Waals surface area contributed by atoms with Crippen molar-refractivity contribution < 1.29 is 39.0 Å². The van der Waals surface area contributed by atoms with Gasteiger partial charge in [-0.25, -0.2) is 0 Å². The molecule has 170 valence electrons. The van der Waals surface area contributed by atoms with E-state index in [1.54, 1.807) is 19.9 Å². The van der Waals surface area contributed by atoms with Gasteiger partial charge in [0.1, 0.15) is 0 Å². The molecule has 3 rings (SSSR count). The summed E-state index contributed by atoms with van der Waals surface area (Å²) in [7, 11) is 7.43. The zero-order valence-corrected chi connectivity index (χ0v) is 19.0. The van der Waals surface area contributed by atoms with Gasteiger partial charge in [0, 0.05) is 24.0 Å². The van der Waals surface area contributed by atoms with Crippen LogP contribution in [0, 0.1) is 0 Å². The molecule has 2 unspecified atom stereocenters. The van der Waals surface area contributed by atoms with Crippen molar-refractivity contribution in [3.05, 3.63) is 23.3 Å². The van der Waals surface area contributed by atoms with E-state index in [9.17, 15) is 15.3 Å². The third kappa shape index (κ3) is 3.49. The molecule has 1 aliphatic rings. The predicted octanol–water partition coefficient (Wildman–Crippen LogP) is 2.70. The maximum Gasteiger partial charge on any atom is 0.203 e. The van der Waals surface area contributed by atoms with Crippen molar-refractivity contribution in [2.75, 3.05) is 35.5 Å². The Morgan fingerprint density at radius 2 is 1.06 bits per heavy atom. The monoisotopic (exact) mass is 434 g/mol. The summed E-state index contributed by atoms with van der Waals surface area (Å²) in [5.41, 5.74) is -0.668. The Bertz CT molecular complexity index is 994. The Balaban J connectivity index is 2.57. The van der Waals surface area contributed by atoms with Crippen LogP contribution in [0.15, 0.2) is 12.1 Å². The van der Waals surface area contributed by atoms with Crippen LogP contribution in [0.2, 0.25) is 0 Å². The minimum Gasteiger partial charge on any atom is -0.504 e. The summed E-state index contributed by atoms with van der Waals surface area (Å²) in [6.45, 7) is 3.14. The third-order valence-electron chi connectivity index (χ3n) is 6.10. The molecule has 0 aromatic heterocycles. The molecule has 8 heteroatoms. The summed E-state index contributed by atoms with van der Waals surface area (Å²) in [6, 6.07) is 3.25. The fourth-order valence-electron chi connectivity index (χ4n) is 4.23. The highest BCUT2D eigenvalue weighted by Gasteiger charge is 2.46. The highest BCUT2D eigenvalue weighted by Crippen LogP contribution is 2.56. The van der Waals surface area contributed by atoms with Gasteiger partial charge in [-0.1, -0.05) is 0 Å². The second kappa shape index (κ2) is 8.01. The molecule has 1 aliphatic carbocycles. The van der Waals surface area contributed by atoms with Crippen LogP contribution in [0.5, 0.6) is 34.5 Å². The van der Waals surface area contributed by atoms with Crippen molar-refractivity contribution >= 4 is 0 Å². The van der Waals surface area contributed by atoms with Gasteiger partial charge >= 0.3 is 0 Å². The Kier molecular flexibility index (Phi) is 5.90. The third-order valence-corrected chi connectivity index (χ3v) is 6.10. The summed E-state index contributed by atoms with van der Waals surface area (Å²) < 4.78 is 27.9. The molecule has 0 saturated heterocycles. The minimum absolute atomic E-state index is 0.0419. The number of hydrogen-bond acceptors (Lipinski definition) is 8. The molecule has 0 aliphatic heterocycles. The lowest BCUT2D eigenvalue weighted by molar-refractivity contribution is -0.129. The second-order valence-electron chi connectivity index (χ2n) is 8.08. The fraction of sp³-hybridized carbons (Fsp3) is 0.478. The molecule has 8 nitrogen and oxygen atoms in total. The molecular formula is C23H30O8. The zero-order valence-electron chi connectivity index (χ0n) is 19.0. The summed E-state index contributed by atoms with van der Waals surface area (Å²) in [4.78, 5) is 0. The number of phenolic OH excluding ortho intramolecular Hbond substituents is 1. The smallest absolute Gasteiger partial charge is 0.203 e. The van der Waals surface area contributed by atoms with Crippen molar-refractivity contribution in [1.29, 1.82) is 0 Å². The van der Waals surface area contributed by atoms with E-state index >= 15 is 0 Å². The van der Waals surface area contributed by atoms with Gasteiger partial charge in [-0.3, -0.25) is 0 Å². The average molecular weight is 434 g/mol. The molecule has 0 saturated carbocycles. The zero-order chi connectivity index (χ0) is 23.1. The average Bonchev–Trinajstić information content (AvgIpc) is 2.71. The van der Waals surface area contributed by atoms with Gasteiger partial charge in [0.2, 0.25) is 11.5 Å². The quantitative estimate of drug-likeness (QED) is 0.660. The molecule has 0 amide bonds. The van der Waals surface area contributed by atoms with Crippen molar-refractivity contribution in [2.24, 2.45) is 0 Å². The summed E-state index contributed by atoms with van der Waals surface area (Å²) >= 11 is 0. The number of hydrogen-bond donors (Lipinski definition) is 3. The normalized spacial score (nSPS) is 22.5. The molecule has 0 radical (unpaired) electrons. The number of ether oxygens (including phenoxy) is 5. The number of benzene rings is 2. The van der Waals surface area contributed by atoms with Crippen LogP contribution < -0.4 is 23.7 Å². The first kappa shape index (κ1) is 22.8. The van der Waals surface area contributed by atoms with E-state index in [0.717, 1.165) is 0 Å². The highest BCUT2D eigenvalue weighted by molar-refractivity contribution is 5.88.